The van der Waals surface area contributed by atoms with Gasteiger partial charge in [-0.3, -0.25) is 0 Å². The summed E-state index contributed by atoms with van der Waals surface area (Å²) < 4.78 is 6.91. The first kappa shape index (κ1) is 16.9. The Morgan fingerprint density at radius 2 is 1.88 bits per heavy atom. The number of carbonyl (C=O) groups excluding carboxylic acids is 1. The molecule has 0 aliphatic carbocycles. The van der Waals surface area contributed by atoms with E-state index in [1.54, 1.807) is 41.9 Å². The van der Waals surface area contributed by atoms with Crippen molar-refractivity contribution in [2.24, 2.45) is 0 Å². The van der Waals surface area contributed by atoms with Gasteiger partial charge in [-0.05, 0) is 42.3 Å². The summed E-state index contributed by atoms with van der Waals surface area (Å²) >= 11 is 5.89. The summed E-state index contributed by atoms with van der Waals surface area (Å²) in [6.45, 7) is 5.64. The molecule has 0 unspecified atom stereocenters. The van der Waals surface area contributed by atoms with Gasteiger partial charge in [0.1, 0.15) is 6.61 Å². The summed E-state index contributed by atoms with van der Waals surface area (Å²) in [5, 5.41) is 8.60. The maximum atomic E-state index is 12.3. The Morgan fingerprint density at radius 1 is 1.20 bits per heavy atom. The highest BCUT2D eigenvalue weighted by molar-refractivity contribution is 6.30. The molecule has 25 heavy (non-hydrogen) atoms. The second-order valence-electron chi connectivity index (χ2n) is 5.43. The number of nitrogens with zero attached hydrogens (tertiary/aromatic N) is 3. The van der Waals surface area contributed by atoms with Gasteiger partial charge in [-0.1, -0.05) is 53.7 Å². The fourth-order valence-corrected chi connectivity index (χ4v) is 2.44. The van der Waals surface area contributed by atoms with Crippen molar-refractivity contribution in [3.63, 3.8) is 0 Å². The van der Waals surface area contributed by atoms with Gasteiger partial charge >= 0.3 is 5.97 Å². The molecule has 0 atom stereocenters. The number of hydrogen-bond acceptors (Lipinski definition) is 4. The van der Waals surface area contributed by atoms with E-state index in [-0.39, 0.29) is 12.3 Å². The number of hydrogen-bond donors (Lipinski definition) is 0. The molecule has 0 saturated carbocycles. The first-order chi connectivity index (χ1) is 12.1. The molecule has 5 nitrogen and oxygen atoms in total. The zero-order chi connectivity index (χ0) is 17.8. The highest BCUT2D eigenvalue weighted by atomic mass is 35.5. The van der Waals surface area contributed by atoms with Crippen LogP contribution in [-0.2, 0) is 11.3 Å². The summed E-state index contributed by atoms with van der Waals surface area (Å²) in [4.78, 5) is 12.3. The lowest BCUT2D eigenvalue weighted by Gasteiger charge is -2.05. The van der Waals surface area contributed by atoms with Gasteiger partial charge in [0.2, 0.25) is 0 Å². The third kappa shape index (κ3) is 3.78. The molecular weight excluding hydrogens is 338 g/mol. The highest BCUT2D eigenvalue weighted by Gasteiger charge is 2.18. The fourth-order valence-electron chi connectivity index (χ4n) is 2.31. The predicted molar refractivity (Wildman–Crippen MR) is 96.8 cm³/mol. The van der Waals surface area contributed by atoms with Crippen molar-refractivity contribution < 1.29 is 9.53 Å². The van der Waals surface area contributed by atoms with Crippen LogP contribution in [0, 0.1) is 6.92 Å². The minimum absolute atomic E-state index is 0.170. The molecule has 2 aromatic carbocycles. The lowest BCUT2D eigenvalue weighted by molar-refractivity contribution is 0.0464. The van der Waals surface area contributed by atoms with Crippen molar-refractivity contribution in [3.05, 3.63) is 82.6 Å². The van der Waals surface area contributed by atoms with Crippen LogP contribution in [0.15, 0.2) is 55.1 Å². The van der Waals surface area contributed by atoms with Crippen LogP contribution >= 0.6 is 11.6 Å². The largest absolute Gasteiger partial charge is 0.456 e. The molecule has 0 bridgehead atoms. The average molecular weight is 354 g/mol. The summed E-state index contributed by atoms with van der Waals surface area (Å²) in [6, 6.07) is 14.7. The van der Waals surface area contributed by atoms with Crippen molar-refractivity contribution in [3.8, 4) is 5.69 Å². The van der Waals surface area contributed by atoms with Crippen molar-refractivity contribution in [2.45, 2.75) is 13.5 Å². The first-order valence-corrected chi connectivity index (χ1v) is 8.03. The van der Waals surface area contributed by atoms with Gasteiger partial charge in [-0.25, -0.2) is 9.48 Å². The second kappa shape index (κ2) is 7.32. The molecule has 1 aromatic heterocycles. The van der Waals surface area contributed by atoms with Crippen LogP contribution in [0.1, 0.15) is 27.3 Å². The molecule has 0 saturated heterocycles. The van der Waals surface area contributed by atoms with Gasteiger partial charge in [0.15, 0.2) is 5.69 Å². The summed E-state index contributed by atoms with van der Waals surface area (Å²) in [5.41, 5.74) is 3.47. The van der Waals surface area contributed by atoms with E-state index in [4.69, 9.17) is 16.3 Å². The Hall–Kier alpha value is -2.92. The average Bonchev–Trinajstić information content (AvgIpc) is 3.02. The highest BCUT2D eigenvalue weighted by Crippen LogP contribution is 2.16. The molecule has 6 heteroatoms. The van der Waals surface area contributed by atoms with Crippen LogP contribution in [0.4, 0.5) is 0 Å². The number of halogens is 1. The SMILES string of the molecule is C=Cc1ccc(COC(=O)c2nnn(-c3ccc(Cl)cc3)c2C)cc1. The smallest absolute Gasteiger partial charge is 0.361 e. The van der Waals surface area contributed by atoms with Gasteiger partial charge in [0, 0.05) is 5.02 Å². The van der Waals surface area contributed by atoms with Crippen molar-refractivity contribution in [2.75, 3.05) is 0 Å². The Labute approximate surface area is 150 Å². The predicted octanol–water partition coefficient (Wildman–Crippen LogP) is 4.23. The number of ether oxygens (including phenoxy) is 1. The topological polar surface area (TPSA) is 57.0 Å². The lowest BCUT2D eigenvalue weighted by Crippen LogP contribution is -2.08. The molecular formula is C19H16ClN3O2. The zero-order valence-corrected chi connectivity index (χ0v) is 14.4. The number of benzene rings is 2. The third-order valence-corrected chi connectivity index (χ3v) is 4.00. The standard InChI is InChI=1S/C19H16ClN3O2/c1-3-14-4-6-15(7-5-14)12-25-19(24)18-13(2)23(22-21-18)17-10-8-16(20)9-11-17/h3-11H,1,12H2,2H3. The van der Waals surface area contributed by atoms with Crippen LogP contribution in [-0.4, -0.2) is 21.0 Å². The maximum absolute atomic E-state index is 12.3. The first-order valence-electron chi connectivity index (χ1n) is 7.65. The molecule has 0 fully saturated rings. The van der Waals surface area contributed by atoms with Crippen LogP contribution < -0.4 is 0 Å². The lowest BCUT2D eigenvalue weighted by atomic mass is 10.1. The summed E-state index contributed by atoms with van der Waals surface area (Å²) in [5.74, 6) is -0.509. The van der Waals surface area contributed by atoms with Crippen LogP contribution in [0.25, 0.3) is 11.8 Å². The Bertz CT molecular complexity index is 899. The number of carbonyl (C=O) groups is 1. The Balaban J connectivity index is 1.72. The van der Waals surface area contributed by atoms with Gasteiger partial charge in [-0.2, -0.15) is 0 Å². The zero-order valence-electron chi connectivity index (χ0n) is 13.6. The molecule has 0 aliphatic rings. The molecule has 126 valence electrons. The fraction of sp³-hybridized carbons (Fsp3) is 0.105. The van der Waals surface area contributed by atoms with E-state index in [2.05, 4.69) is 16.9 Å². The van der Waals surface area contributed by atoms with E-state index in [9.17, 15) is 4.79 Å². The van der Waals surface area contributed by atoms with E-state index in [1.807, 2.05) is 24.3 Å². The van der Waals surface area contributed by atoms with Crippen LogP contribution in [0.3, 0.4) is 0 Å². The van der Waals surface area contributed by atoms with Crippen LogP contribution in [0.5, 0.6) is 0 Å². The van der Waals surface area contributed by atoms with Gasteiger partial charge in [-0.15, -0.1) is 5.10 Å². The van der Waals surface area contributed by atoms with Crippen molar-refractivity contribution >= 4 is 23.6 Å². The van der Waals surface area contributed by atoms with Crippen molar-refractivity contribution in [1.82, 2.24) is 15.0 Å². The third-order valence-electron chi connectivity index (χ3n) is 3.74. The summed E-state index contributed by atoms with van der Waals surface area (Å²) in [7, 11) is 0. The minimum Gasteiger partial charge on any atom is -0.456 e. The van der Waals surface area contributed by atoms with Crippen molar-refractivity contribution in [1.29, 1.82) is 0 Å². The number of rotatable bonds is 5. The normalized spacial score (nSPS) is 10.5. The number of esters is 1. The maximum Gasteiger partial charge on any atom is 0.361 e. The van der Waals surface area contributed by atoms with Gasteiger partial charge in [0.05, 0.1) is 11.4 Å². The molecule has 0 aliphatic heterocycles. The Morgan fingerprint density at radius 3 is 2.52 bits per heavy atom. The molecule has 0 spiro atoms. The van der Waals surface area contributed by atoms with E-state index in [0.717, 1.165) is 16.8 Å². The van der Waals surface area contributed by atoms with Crippen LogP contribution in [0.2, 0.25) is 5.02 Å². The van der Waals surface area contributed by atoms with Gasteiger partial charge in [0.25, 0.3) is 0 Å². The molecule has 0 radical (unpaired) electrons. The van der Waals surface area contributed by atoms with E-state index in [1.165, 1.54) is 0 Å². The second-order valence-corrected chi connectivity index (χ2v) is 5.87. The molecule has 0 N–H and O–H groups in total. The summed E-state index contributed by atoms with van der Waals surface area (Å²) in [6.07, 6.45) is 1.76. The molecule has 3 aromatic rings. The minimum atomic E-state index is -0.509. The van der Waals surface area contributed by atoms with Gasteiger partial charge < -0.3 is 4.74 Å². The van der Waals surface area contributed by atoms with E-state index in [0.29, 0.717) is 10.7 Å². The quantitative estimate of drug-likeness (QED) is 0.644. The Kier molecular flexibility index (Phi) is 4.95. The van der Waals surface area contributed by atoms with E-state index < -0.39 is 5.97 Å². The van der Waals surface area contributed by atoms with E-state index >= 15 is 0 Å². The molecule has 3 rings (SSSR count). The molecule has 1 heterocycles. The monoisotopic (exact) mass is 353 g/mol. The number of aromatic nitrogens is 3. The molecule has 0 amide bonds.